The molecule has 0 saturated carbocycles. The summed E-state index contributed by atoms with van der Waals surface area (Å²) in [5.41, 5.74) is 1.15. The minimum Gasteiger partial charge on any atom is -0.272 e. The lowest BCUT2D eigenvalue weighted by molar-refractivity contribution is 0.0929. The summed E-state index contributed by atoms with van der Waals surface area (Å²) in [4.78, 5) is 13.2. The predicted octanol–water partition coefficient (Wildman–Crippen LogP) is 4.17. The van der Waals surface area contributed by atoms with E-state index in [0.29, 0.717) is 21.1 Å². The molecule has 0 atom stereocenters. The van der Waals surface area contributed by atoms with Crippen molar-refractivity contribution in [3.63, 3.8) is 0 Å². The van der Waals surface area contributed by atoms with Crippen LogP contribution in [0.5, 0.6) is 0 Å². The van der Waals surface area contributed by atoms with E-state index in [1.54, 1.807) is 30.3 Å². The number of aromatic nitrogens is 3. The first-order chi connectivity index (χ1) is 10.1. The molecule has 0 aliphatic carbocycles. The standard InChI is InChI=1S/C14H9Cl2N3OS/c15-9-4-6-10(7-5-9)21-8-13(20)19-14-11(16)2-1-3-12(14)17-18-19/h1-7H,8H2. The summed E-state index contributed by atoms with van der Waals surface area (Å²) in [7, 11) is 0. The number of benzene rings is 2. The second kappa shape index (κ2) is 6.05. The second-order valence-electron chi connectivity index (χ2n) is 4.25. The number of carbonyl (C=O) groups excluding carboxylic acids is 1. The van der Waals surface area contributed by atoms with Gasteiger partial charge < -0.3 is 0 Å². The SMILES string of the molecule is O=C(CSc1ccc(Cl)cc1)n1nnc2cccc(Cl)c21. The number of thioether (sulfide) groups is 1. The Kier molecular flexibility index (Phi) is 4.14. The van der Waals surface area contributed by atoms with Gasteiger partial charge >= 0.3 is 0 Å². The molecule has 0 spiro atoms. The van der Waals surface area contributed by atoms with Crippen molar-refractivity contribution in [2.75, 3.05) is 5.75 Å². The summed E-state index contributed by atoms with van der Waals surface area (Å²) >= 11 is 13.3. The number of rotatable bonds is 3. The highest BCUT2D eigenvalue weighted by atomic mass is 35.5. The second-order valence-corrected chi connectivity index (χ2v) is 6.14. The van der Waals surface area contributed by atoms with E-state index < -0.39 is 0 Å². The molecule has 3 rings (SSSR count). The zero-order chi connectivity index (χ0) is 14.8. The van der Waals surface area contributed by atoms with Crippen LogP contribution >= 0.6 is 35.0 Å². The van der Waals surface area contributed by atoms with Gasteiger partial charge in [-0.3, -0.25) is 4.79 Å². The van der Waals surface area contributed by atoms with Gasteiger partial charge in [0.05, 0.1) is 10.8 Å². The van der Waals surface area contributed by atoms with Crippen LogP contribution in [0, 0.1) is 0 Å². The lowest BCUT2D eigenvalue weighted by Crippen LogP contribution is -2.15. The van der Waals surface area contributed by atoms with Gasteiger partial charge in [-0.1, -0.05) is 34.5 Å². The maximum absolute atomic E-state index is 12.3. The molecular formula is C14H9Cl2N3OS. The van der Waals surface area contributed by atoms with Gasteiger partial charge in [0.1, 0.15) is 11.0 Å². The van der Waals surface area contributed by atoms with Crippen molar-refractivity contribution < 1.29 is 4.79 Å². The van der Waals surface area contributed by atoms with Gasteiger partial charge in [0.2, 0.25) is 0 Å². The van der Waals surface area contributed by atoms with Crippen molar-refractivity contribution >= 4 is 51.9 Å². The molecule has 7 heteroatoms. The lowest BCUT2D eigenvalue weighted by Gasteiger charge is -2.03. The van der Waals surface area contributed by atoms with Crippen LogP contribution in [0.3, 0.4) is 0 Å². The summed E-state index contributed by atoms with van der Waals surface area (Å²) < 4.78 is 1.25. The van der Waals surface area contributed by atoms with Crippen LogP contribution in [0.2, 0.25) is 10.0 Å². The van der Waals surface area contributed by atoms with E-state index in [1.807, 2.05) is 12.1 Å². The maximum Gasteiger partial charge on any atom is 0.259 e. The monoisotopic (exact) mass is 337 g/mol. The van der Waals surface area contributed by atoms with Crippen molar-refractivity contribution in [1.29, 1.82) is 0 Å². The number of fused-ring (bicyclic) bond motifs is 1. The van der Waals surface area contributed by atoms with Crippen LogP contribution in [0.15, 0.2) is 47.4 Å². The summed E-state index contributed by atoms with van der Waals surface area (Å²) in [6, 6.07) is 12.6. The average molecular weight is 338 g/mol. The molecule has 0 fully saturated rings. The number of hydrogen-bond acceptors (Lipinski definition) is 4. The van der Waals surface area contributed by atoms with Crippen molar-refractivity contribution in [2.24, 2.45) is 0 Å². The van der Waals surface area contributed by atoms with Crippen LogP contribution in [0.4, 0.5) is 0 Å². The Bertz CT molecular complexity index is 802. The van der Waals surface area contributed by atoms with Gasteiger partial charge in [-0.15, -0.1) is 16.9 Å². The Morgan fingerprint density at radius 1 is 1.14 bits per heavy atom. The van der Waals surface area contributed by atoms with Gasteiger partial charge in [0, 0.05) is 9.92 Å². The Morgan fingerprint density at radius 3 is 2.67 bits per heavy atom. The molecule has 0 N–H and O–H groups in total. The summed E-state index contributed by atoms with van der Waals surface area (Å²) in [6.45, 7) is 0. The molecule has 0 bridgehead atoms. The average Bonchev–Trinajstić information content (AvgIpc) is 2.92. The predicted molar refractivity (Wildman–Crippen MR) is 85.3 cm³/mol. The molecular weight excluding hydrogens is 329 g/mol. The van der Waals surface area contributed by atoms with E-state index in [9.17, 15) is 4.79 Å². The lowest BCUT2D eigenvalue weighted by atomic mass is 10.3. The van der Waals surface area contributed by atoms with Crippen LogP contribution < -0.4 is 0 Å². The third-order valence-electron chi connectivity index (χ3n) is 2.83. The number of nitrogens with zero attached hydrogens (tertiary/aromatic N) is 3. The molecule has 0 aliphatic heterocycles. The summed E-state index contributed by atoms with van der Waals surface area (Å²) in [6.07, 6.45) is 0. The highest BCUT2D eigenvalue weighted by Gasteiger charge is 2.14. The van der Waals surface area contributed by atoms with Crippen LogP contribution in [-0.2, 0) is 0 Å². The first kappa shape index (κ1) is 14.4. The fraction of sp³-hybridized carbons (Fsp3) is 0.0714. The largest absolute Gasteiger partial charge is 0.272 e. The fourth-order valence-corrected chi connectivity index (χ4v) is 2.96. The molecule has 0 radical (unpaired) electrons. The fourth-order valence-electron chi connectivity index (χ4n) is 1.84. The van der Waals surface area contributed by atoms with Gasteiger partial charge in [0.25, 0.3) is 5.91 Å². The van der Waals surface area contributed by atoms with Crippen LogP contribution in [-0.4, -0.2) is 26.7 Å². The van der Waals surface area contributed by atoms with E-state index in [4.69, 9.17) is 23.2 Å². The third kappa shape index (κ3) is 3.05. The van der Waals surface area contributed by atoms with Crippen molar-refractivity contribution in [3.05, 3.63) is 52.5 Å². The van der Waals surface area contributed by atoms with Gasteiger partial charge in [-0.2, -0.15) is 4.68 Å². The Hall–Kier alpha value is -1.56. The van der Waals surface area contributed by atoms with Crippen LogP contribution in [0.25, 0.3) is 11.0 Å². The molecule has 2 aromatic carbocycles. The summed E-state index contributed by atoms with van der Waals surface area (Å²) in [5, 5.41) is 8.96. The molecule has 1 heterocycles. The zero-order valence-electron chi connectivity index (χ0n) is 10.7. The first-order valence-electron chi connectivity index (χ1n) is 6.06. The topological polar surface area (TPSA) is 47.8 Å². The van der Waals surface area contributed by atoms with E-state index in [0.717, 1.165) is 4.90 Å². The quantitative estimate of drug-likeness (QED) is 0.673. The Labute approximate surface area is 135 Å². The van der Waals surface area contributed by atoms with E-state index in [2.05, 4.69) is 10.3 Å². The number of carbonyl (C=O) groups is 1. The summed E-state index contributed by atoms with van der Waals surface area (Å²) in [5.74, 6) is 0.0660. The maximum atomic E-state index is 12.3. The smallest absolute Gasteiger partial charge is 0.259 e. The molecule has 0 unspecified atom stereocenters. The minimum absolute atomic E-state index is 0.175. The molecule has 4 nitrogen and oxygen atoms in total. The zero-order valence-corrected chi connectivity index (χ0v) is 13.0. The van der Waals surface area contributed by atoms with Crippen LogP contribution in [0.1, 0.15) is 4.79 Å². The van der Waals surface area contributed by atoms with Crippen molar-refractivity contribution in [1.82, 2.24) is 15.0 Å². The molecule has 0 saturated heterocycles. The van der Waals surface area contributed by atoms with Crippen molar-refractivity contribution in [3.8, 4) is 0 Å². The Morgan fingerprint density at radius 2 is 1.90 bits per heavy atom. The number of para-hydroxylation sites is 1. The van der Waals surface area contributed by atoms with Gasteiger partial charge in [-0.05, 0) is 36.4 Å². The first-order valence-corrected chi connectivity index (χ1v) is 7.81. The number of halogens is 2. The highest BCUT2D eigenvalue weighted by Crippen LogP contribution is 2.23. The molecule has 0 amide bonds. The van der Waals surface area contributed by atoms with Crippen molar-refractivity contribution in [2.45, 2.75) is 4.90 Å². The van der Waals surface area contributed by atoms with Gasteiger partial charge in [-0.25, -0.2) is 0 Å². The number of hydrogen-bond donors (Lipinski definition) is 0. The molecule has 106 valence electrons. The van der Waals surface area contributed by atoms with E-state index >= 15 is 0 Å². The third-order valence-corrected chi connectivity index (χ3v) is 4.39. The van der Waals surface area contributed by atoms with E-state index in [-0.39, 0.29) is 11.7 Å². The minimum atomic E-state index is -0.175. The van der Waals surface area contributed by atoms with E-state index in [1.165, 1.54) is 16.4 Å². The normalized spacial score (nSPS) is 11.0. The molecule has 0 aliphatic rings. The highest BCUT2D eigenvalue weighted by molar-refractivity contribution is 8.00. The molecule has 1 aromatic heterocycles. The molecule has 21 heavy (non-hydrogen) atoms. The van der Waals surface area contributed by atoms with Gasteiger partial charge in [0.15, 0.2) is 0 Å². The Balaban J connectivity index is 1.80. The molecule has 3 aromatic rings.